The summed E-state index contributed by atoms with van der Waals surface area (Å²) in [5, 5.41) is 0.223. The van der Waals surface area contributed by atoms with Gasteiger partial charge in [-0.25, -0.2) is 8.42 Å². The fraction of sp³-hybridized carbons (Fsp3) is 0.278. The molecule has 0 bridgehead atoms. The molecule has 0 amide bonds. The number of hydrogen-bond donors (Lipinski definition) is 1. The molecule has 0 saturated heterocycles. The standard InChI is InChI=1S/C18H17Cl2NO3S2/c1-24-10-18(17(21)25)15(11-2-4-12(19)5-3-11)16(18)26(22,23)14-8-6-13(20)7-9-14/h2-9,15-16H,10H2,1H3,(H2,21,25). The van der Waals surface area contributed by atoms with Crippen molar-refractivity contribution in [2.24, 2.45) is 11.1 Å². The smallest absolute Gasteiger partial charge is 0.182 e. The fourth-order valence-corrected chi connectivity index (χ4v) is 6.57. The summed E-state index contributed by atoms with van der Waals surface area (Å²) in [7, 11) is -2.20. The van der Waals surface area contributed by atoms with Crippen molar-refractivity contribution in [2.45, 2.75) is 16.1 Å². The quantitative estimate of drug-likeness (QED) is 0.705. The highest BCUT2D eigenvalue weighted by Crippen LogP contribution is 2.64. The SMILES string of the molecule is COCC1(C(N)=S)C(c2ccc(Cl)cc2)C1S(=O)(=O)c1ccc(Cl)cc1. The van der Waals surface area contributed by atoms with Gasteiger partial charge in [-0.15, -0.1) is 0 Å². The van der Waals surface area contributed by atoms with Gasteiger partial charge in [0.1, 0.15) is 0 Å². The number of thiocarbonyl (C=S) groups is 1. The van der Waals surface area contributed by atoms with E-state index in [9.17, 15) is 8.42 Å². The highest BCUT2D eigenvalue weighted by Gasteiger charge is 2.73. The number of benzene rings is 2. The third-order valence-corrected chi connectivity index (χ3v) is 7.98. The van der Waals surface area contributed by atoms with E-state index in [4.69, 9.17) is 45.9 Å². The van der Waals surface area contributed by atoms with Crippen molar-refractivity contribution in [1.29, 1.82) is 0 Å². The number of sulfone groups is 1. The molecule has 1 aliphatic carbocycles. The van der Waals surface area contributed by atoms with Crippen molar-refractivity contribution < 1.29 is 13.2 Å². The third-order valence-electron chi connectivity index (χ3n) is 4.80. The van der Waals surface area contributed by atoms with Gasteiger partial charge in [-0.1, -0.05) is 47.6 Å². The van der Waals surface area contributed by atoms with E-state index in [2.05, 4.69) is 0 Å². The molecule has 26 heavy (non-hydrogen) atoms. The molecular weight excluding hydrogens is 413 g/mol. The number of nitrogens with two attached hydrogens (primary N) is 1. The molecule has 4 nitrogen and oxygen atoms in total. The molecule has 2 aromatic carbocycles. The summed E-state index contributed by atoms with van der Waals surface area (Å²) in [6.07, 6.45) is 0. The Morgan fingerprint density at radius 2 is 1.62 bits per heavy atom. The Hall–Kier alpha value is -1.18. The minimum absolute atomic E-state index is 0.118. The summed E-state index contributed by atoms with van der Waals surface area (Å²) >= 11 is 17.1. The Labute approximate surface area is 168 Å². The molecule has 1 fully saturated rings. The number of halogens is 2. The molecule has 0 aliphatic heterocycles. The van der Waals surface area contributed by atoms with Crippen LogP contribution in [-0.4, -0.2) is 32.4 Å². The van der Waals surface area contributed by atoms with Gasteiger partial charge in [0.25, 0.3) is 0 Å². The summed E-state index contributed by atoms with van der Waals surface area (Å²) in [6.45, 7) is 0.118. The average molecular weight is 430 g/mol. The molecule has 2 aromatic rings. The van der Waals surface area contributed by atoms with Crippen molar-refractivity contribution in [1.82, 2.24) is 0 Å². The van der Waals surface area contributed by atoms with Gasteiger partial charge in [-0.05, 0) is 42.0 Å². The second kappa shape index (κ2) is 7.09. The van der Waals surface area contributed by atoms with Crippen LogP contribution in [0.1, 0.15) is 11.5 Å². The second-order valence-corrected chi connectivity index (χ2v) is 9.67. The Kier molecular flexibility index (Phi) is 5.34. The topological polar surface area (TPSA) is 69.4 Å². The van der Waals surface area contributed by atoms with Gasteiger partial charge in [0.15, 0.2) is 9.84 Å². The number of methoxy groups -OCH3 is 1. The normalized spacial score (nSPS) is 25.0. The molecule has 2 N–H and O–H groups in total. The zero-order valence-corrected chi connectivity index (χ0v) is 17.0. The van der Waals surface area contributed by atoms with Crippen molar-refractivity contribution in [3.63, 3.8) is 0 Å². The van der Waals surface area contributed by atoms with E-state index in [-0.39, 0.29) is 16.5 Å². The lowest BCUT2D eigenvalue weighted by Crippen LogP contribution is -2.33. The zero-order valence-electron chi connectivity index (χ0n) is 13.9. The highest BCUT2D eigenvalue weighted by atomic mass is 35.5. The number of hydrogen-bond acceptors (Lipinski definition) is 4. The molecule has 3 atom stereocenters. The first-order valence-electron chi connectivity index (χ1n) is 7.79. The number of rotatable bonds is 6. The molecule has 1 aliphatic rings. The van der Waals surface area contributed by atoms with Crippen LogP contribution in [0.5, 0.6) is 0 Å². The lowest BCUT2D eigenvalue weighted by Gasteiger charge is -2.16. The molecule has 0 aromatic heterocycles. The number of ether oxygens (including phenoxy) is 1. The molecule has 0 heterocycles. The molecule has 138 valence electrons. The van der Waals surface area contributed by atoms with Gasteiger partial charge < -0.3 is 10.5 Å². The van der Waals surface area contributed by atoms with Crippen LogP contribution in [-0.2, 0) is 14.6 Å². The van der Waals surface area contributed by atoms with Crippen LogP contribution < -0.4 is 5.73 Å². The van der Waals surface area contributed by atoms with Gasteiger partial charge in [0.2, 0.25) is 0 Å². The summed E-state index contributed by atoms with van der Waals surface area (Å²) in [6, 6.07) is 13.1. The van der Waals surface area contributed by atoms with Crippen LogP contribution in [0.2, 0.25) is 10.0 Å². The molecule has 3 unspecified atom stereocenters. The van der Waals surface area contributed by atoms with Gasteiger partial charge in [-0.2, -0.15) is 0 Å². The first kappa shape index (κ1) is 19.6. The molecule has 0 spiro atoms. The summed E-state index contributed by atoms with van der Waals surface area (Å²) in [4.78, 5) is 0.307. The fourth-order valence-electron chi connectivity index (χ4n) is 3.55. The minimum atomic E-state index is -3.70. The monoisotopic (exact) mass is 429 g/mol. The summed E-state index contributed by atoms with van der Waals surface area (Å²) in [5.41, 5.74) is 5.85. The molecule has 0 radical (unpaired) electrons. The van der Waals surface area contributed by atoms with Crippen molar-refractivity contribution in [3.8, 4) is 0 Å². The van der Waals surface area contributed by atoms with Crippen LogP contribution in [0.15, 0.2) is 53.4 Å². The lowest BCUT2D eigenvalue weighted by molar-refractivity contribution is 0.166. The summed E-state index contributed by atoms with van der Waals surface area (Å²) < 4.78 is 31.9. The Morgan fingerprint density at radius 3 is 2.08 bits per heavy atom. The van der Waals surface area contributed by atoms with Crippen LogP contribution in [0, 0.1) is 5.41 Å². The molecular formula is C18H17Cl2NO3S2. The van der Waals surface area contributed by atoms with Crippen LogP contribution in [0.4, 0.5) is 0 Å². The van der Waals surface area contributed by atoms with E-state index in [0.29, 0.717) is 10.0 Å². The highest BCUT2D eigenvalue weighted by molar-refractivity contribution is 7.92. The Morgan fingerprint density at radius 1 is 1.12 bits per heavy atom. The predicted molar refractivity (Wildman–Crippen MR) is 108 cm³/mol. The van der Waals surface area contributed by atoms with Gasteiger partial charge in [0.05, 0.1) is 27.2 Å². The van der Waals surface area contributed by atoms with E-state index >= 15 is 0 Å². The van der Waals surface area contributed by atoms with E-state index < -0.39 is 26.4 Å². The maximum absolute atomic E-state index is 13.3. The predicted octanol–water partition coefficient (Wildman–Crippen LogP) is 3.85. The van der Waals surface area contributed by atoms with E-state index in [1.807, 2.05) is 0 Å². The van der Waals surface area contributed by atoms with E-state index in [0.717, 1.165) is 5.56 Å². The summed E-state index contributed by atoms with van der Waals surface area (Å²) in [5.74, 6) is -0.405. The van der Waals surface area contributed by atoms with Crippen molar-refractivity contribution in [2.75, 3.05) is 13.7 Å². The molecule has 3 rings (SSSR count). The first-order chi connectivity index (χ1) is 12.2. The maximum Gasteiger partial charge on any atom is 0.182 e. The van der Waals surface area contributed by atoms with Crippen molar-refractivity contribution in [3.05, 3.63) is 64.1 Å². The third kappa shape index (κ3) is 3.14. The van der Waals surface area contributed by atoms with Crippen LogP contribution in [0.25, 0.3) is 0 Å². The maximum atomic E-state index is 13.3. The first-order valence-corrected chi connectivity index (χ1v) is 10.5. The Balaban J connectivity index is 2.11. The zero-order chi connectivity index (χ0) is 19.1. The van der Waals surface area contributed by atoms with Crippen LogP contribution >= 0.6 is 35.4 Å². The van der Waals surface area contributed by atoms with Gasteiger partial charge in [0, 0.05) is 23.1 Å². The average Bonchev–Trinajstić information content (AvgIpc) is 3.27. The van der Waals surface area contributed by atoms with Gasteiger partial charge in [-0.3, -0.25) is 0 Å². The van der Waals surface area contributed by atoms with E-state index in [1.54, 1.807) is 36.4 Å². The minimum Gasteiger partial charge on any atom is -0.393 e. The largest absolute Gasteiger partial charge is 0.393 e. The second-order valence-electron chi connectivity index (χ2n) is 6.29. The van der Waals surface area contributed by atoms with E-state index in [1.165, 1.54) is 19.2 Å². The van der Waals surface area contributed by atoms with Crippen LogP contribution in [0.3, 0.4) is 0 Å². The molecule has 8 heteroatoms. The lowest BCUT2D eigenvalue weighted by atomic mass is 10.00. The Bertz CT molecular complexity index is 930. The van der Waals surface area contributed by atoms with Crippen molar-refractivity contribution >= 4 is 50.2 Å². The molecule has 1 saturated carbocycles. The van der Waals surface area contributed by atoms with Gasteiger partial charge >= 0.3 is 0 Å².